The molecule has 2 aromatic rings. The maximum atomic E-state index is 5.57. The molecular weight excluding hydrogens is 382 g/mol. The van der Waals surface area contributed by atoms with E-state index < -0.39 is 0 Å². The molecule has 1 aliphatic rings. The van der Waals surface area contributed by atoms with Gasteiger partial charge in [-0.05, 0) is 74.2 Å². The highest BCUT2D eigenvalue weighted by Crippen LogP contribution is 2.30. The minimum atomic E-state index is 0.209. The van der Waals surface area contributed by atoms with Crippen molar-refractivity contribution in [2.45, 2.75) is 52.6 Å². The largest absolute Gasteiger partial charge is 0.496 e. The first-order valence-corrected chi connectivity index (χ1v) is 11.0. The number of nitrogens with zero attached hydrogens (tertiary/aromatic N) is 3. The maximum Gasteiger partial charge on any atom is 0.122 e. The molecule has 1 aliphatic heterocycles. The molecular formula is C27H33N3O. The summed E-state index contributed by atoms with van der Waals surface area (Å²) in [6.07, 6.45) is 9.79. The zero-order valence-electron chi connectivity index (χ0n) is 19.5. The molecule has 0 fully saturated rings. The predicted molar refractivity (Wildman–Crippen MR) is 130 cm³/mol. The van der Waals surface area contributed by atoms with Crippen LogP contribution in [0, 0.1) is 0 Å². The zero-order valence-corrected chi connectivity index (χ0v) is 19.5. The molecule has 4 heteroatoms. The predicted octanol–water partition coefficient (Wildman–Crippen LogP) is 6.02. The van der Waals surface area contributed by atoms with Gasteiger partial charge in [-0.2, -0.15) is 0 Å². The number of methoxy groups -OCH3 is 1. The molecule has 3 rings (SSSR count). The third-order valence-corrected chi connectivity index (χ3v) is 6.16. The van der Waals surface area contributed by atoms with Crippen LogP contribution in [0.15, 0.2) is 70.7 Å². The molecule has 31 heavy (non-hydrogen) atoms. The van der Waals surface area contributed by atoms with Crippen molar-refractivity contribution in [3.63, 3.8) is 0 Å². The number of allylic oxidation sites excluding steroid dienone is 1. The number of likely N-dealkylation sites (N-methyl/N-ethyl adjacent to an activating group) is 1. The van der Waals surface area contributed by atoms with Gasteiger partial charge in [0.2, 0.25) is 0 Å². The molecule has 1 unspecified atom stereocenters. The van der Waals surface area contributed by atoms with E-state index in [1.165, 1.54) is 16.7 Å². The van der Waals surface area contributed by atoms with Crippen molar-refractivity contribution in [3.8, 4) is 5.75 Å². The summed E-state index contributed by atoms with van der Waals surface area (Å²) < 4.78 is 5.57. The Morgan fingerprint density at radius 3 is 2.65 bits per heavy atom. The number of rotatable bonds is 8. The summed E-state index contributed by atoms with van der Waals surface area (Å²) in [6, 6.07) is 10.9. The molecule has 0 saturated heterocycles. The lowest BCUT2D eigenvalue weighted by Gasteiger charge is -2.34. The average molecular weight is 416 g/mol. The lowest BCUT2D eigenvalue weighted by molar-refractivity contribution is 0.203. The maximum absolute atomic E-state index is 5.57. The molecule has 1 aromatic carbocycles. The molecule has 0 aliphatic carbocycles. The molecule has 0 amide bonds. The standard InChI is InChI=1S/C27H33N3O/c1-7-21-11-12-22(16-27(21)31-6)25-14-13-24(19(3)17-29-25)20(4)30(5)26(8-2)23-10-9-15-28-18-23/h9-13,15-18,20,26H,7-8H2,1-6H3/t20?,26-/m0/s1. The highest BCUT2D eigenvalue weighted by atomic mass is 16.5. The van der Waals surface area contributed by atoms with Gasteiger partial charge in [-0.25, -0.2) is 4.99 Å². The van der Waals surface area contributed by atoms with Crippen LogP contribution in [-0.2, 0) is 6.42 Å². The highest BCUT2D eigenvalue weighted by molar-refractivity contribution is 5.87. The summed E-state index contributed by atoms with van der Waals surface area (Å²) in [5, 5.41) is 0. The quantitative estimate of drug-likeness (QED) is 0.495. The van der Waals surface area contributed by atoms with E-state index >= 15 is 0 Å². The first-order chi connectivity index (χ1) is 15.0. The second-order valence-corrected chi connectivity index (χ2v) is 7.97. The van der Waals surface area contributed by atoms with E-state index in [0.29, 0.717) is 6.04 Å². The Bertz CT molecular complexity index is 1030. The number of aryl methyl sites for hydroxylation is 1. The van der Waals surface area contributed by atoms with Gasteiger partial charge < -0.3 is 4.74 Å². The molecule has 0 spiro atoms. The van der Waals surface area contributed by atoms with Gasteiger partial charge in [0.05, 0.1) is 7.11 Å². The van der Waals surface area contributed by atoms with Crippen LogP contribution in [0.4, 0.5) is 0 Å². The lowest BCUT2D eigenvalue weighted by atomic mass is 9.97. The van der Waals surface area contributed by atoms with Crippen LogP contribution in [0.25, 0.3) is 5.70 Å². The average Bonchev–Trinajstić information content (AvgIpc) is 3.00. The first kappa shape index (κ1) is 22.7. The van der Waals surface area contributed by atoms with Crippen LogP contribution in [0.2, 0.25) is 0 Å². The number of hydrogen-bond acceptors (Lipinski definition) is 4. The minimum absolute atomic E-state index is 0.209. The normalized spacial score (nSPS) is 15.6. The summed E-state index contributed by atoms with van der Waals surface area (Å²) in [7, 11) is 3.90. The number of benzene rings is 1. The van der Waals surface area contributed by atoms with Crippen molar-refractivity contribution in [2.24, 2.45) is 4.99 Å². The van der Waals surface area contributed by atoms with Crippen molar-refractivity contribution in [1.82, 2.24) is 9.88 Å². The van der Waals surface area contributed by atoms with Gasteiger partial charge >= 0.3 is 0 Å². The van der Waals surface area contributed by atoms with Crippen LogP contribution in [0.5, 0.6) is 5.75 Å². The van der Waals surface area contributed by atoms with Gasteiger partial charge in [-0.1, -0.05) is 37.8 Å². The second kappa shape index (κ2) is 10.4. The van der Waals surface area contributed by atoms with Gasteiger partial charge in [-0.15, -0.1) is 0 Å². The Morgan fingerprint density at radius 1 is 1.19 bits per heavy atom. The van der Waals surface area contributed by atoms with Crippen LogP contribution >= 0.6 is 0 Å². The van der Waals surface area contributed by atoms with Crippen molar-refractivity contribution < 1.29 is 4.74 Å². The molecule has 1 aromatic heterocycles. The van der Waals surface area contributed by atoms with Gasteiger partial charge in [-0.3, -0.25) is 9.88 Å². The molecule has 2 atom stereocenters. The topological polar surface area (TPSA) is 37.7 Å². The van der Waals surface area contributed by atoms with Gasteiger partial charge in [0.1, 0.15) is 11.4 Å². The Balaban J connectivity index is 1.91. The van der Waals surface area contributed by atoms with Gasteiger partial charge in [0.15, 0.2) is 0 Å². The number of hydrogen-bond donors (Lipinski definition) is 0. The number of pyridine rings is 1. The minimum Gasteiger partial charge on any atom is -0.496 e. The molecule has 0 saturated carbocycles. The van der Waals surface area contributed by atoms with Crippen molar-refractivity contribution in [1.29, 1.82) is 0 Å². The molecule has 0 bridgehead atoms. The fraction of sp³-hybridized carbons (Fsp3) is 0.370. The summed E-state index contributed by atoms with van der Waals surface area (Å²) in [6.45, 7) is 8.72. The Kier molecular flexibility index (Phi) is 7.62. The van der Waals surface area contributed by atoms with E-state index in [-0.39, 0.29) is 6.04 Å². The van der Waals surface area contributed by atoms with Crippen LogP contribution in [0.1, 0.15) is 56.8 Å². The van der Waals surface area contributed by atoms with Crippen molar-refractivity contribution in [3.05, 3.63) is 82.4 Å². The third kappa shape index (κ3) is 5.04. The SMILES string of the molecule is CCc1ccc(C2=C=CC(C(C)N(C)[C@@H](CC)c3cccnc3)=C(C)C=N2)cc1OC. The smallest absolute Gasteiger partial charge is 0.122 e. The van der Waals surface area contributed by atoms with E-state index in [1.807, 2.05) is 24.7 Å². The third-order valence-electron chi connectivity index (χ3n) is 6.16. The second-order valence-electron chi connectivity index (χ2n) is 7.97. The van der Waals surface area contributed by atoms with Gasteiger partial charge in [0, 0.05) is 36.3 Å². The van der Waals surface area contributed by atoms with Crippen LogP contribution in [-0.4, -0.2) is 36.3 Å². The summed E-state index contributed by atoms with van der Waals surface area (Å²) in [5.41, 5.74) is 10.1. The Labute approximate surface area is 186 Å². The van der Waals surface area contributed by atoms with E-state index in [0.717, 1.165) is 35.4 Å². The summed E-state index contributed by atoms with van der Waals surface area (Å²) >= 11 is 0. The first-order valence-electron chi connectivity index (χ1n) is 11.0. The van der Waals surface area contributed by atoms with E-state index in [9.17, 15) is 0 Å². The Morgan fingerprint density at radius 2 is 2.00 bits per heavy atom. The van der Waals surface area contributed by atoms with Crippen molar-refractivity contribution >= 4 is 11.9 Å². The molecule has 2 heterocycles. The van der Waals surface area contributed by atoms with E-state index in [2.05, 4.69) is 80.7 Å². The fourth-order valence-corrected chi connectivity index (χ4v) is 4.15. The van der Waals surface area contributed by atoms with Crippen molar-refractivity contribution in [2.75, 3.05) is 14.2 Å². The van der Waals surface area contributed by atoms with Crippen LogP contribution in [0.3, 0.4) is 0 Å². The number of ether oxygens (including phenoxy) is 1. The Hall–Kier alpha value is -2.94. The molecule has 162 valence electrons. The molecule has 0 N–H and O–H groups in total. The summed E-state index contributed by atoms with van der Waals surface area (Å²) in [4.78, 5) is 11.5. The fourth-order valence-electron chi connectivity index (χ4n) is 4.15. The zero-order chi connectivity index (χ0) is 22.4. The lowest BCUT2D eigenvalue weighted by Crippen LogP contribution is -2.34. The number of aliphatic imine (C=N–C) groups is 1. The van der Waals surface area contributed by atoms with E-state index in [4.69, 9.17) is 9.73 Å². The molecule has 0 radical (unpaired) electrons. The van der Waals surface area contributed by atoms with Crippen LogP contribution < -0.4 is 4.74 Å². The summed E-state index contributed by atoms with van der Waals surface area (Å²) in [5.74, 6) is 0.897. The highest BCUT2D eigenvalue weighted by Gasteiger charge is 2.23. The molecule has 4 nitrogen and oxygen atoms in total. The monoisotopic (exact) mass is 415 g/mol. The van der Waals surface area contributed by atoms with E-state index in [1.54, 1.807) is 7.11 Å². The van der Waals surface area contributed by atoms with Gasteiger partial charge in [0.25, 0.3) is 0 Å². The number of aromatic nitrogens is 1.